The predicted octanol–water partition coefficient (Wildman–Crippen LogP) is 2.73. The first-order valence-electron chi connectivity index (χ1n) is 10.7. The lowest BCUT2D eigenvalue weighted by molar-refractivity contribution is 0.0953. The highest BCUT2D eigenvalue weighted by Gasteiger charge is 2.33. The van der Waals surface area contributed by atoms with Crippen molar-refractivity contribution in [2.45, 2.75) is 50.8 Å². The fraction of sp³-hybridized carbons (Fsp3) is 0.500. The Labute approximate surface area is 176 Å². The molecule has 0 aromatic heterocycles. The number of benzene rings is 1. The summed E-state index contributed by atoms with van der Waals surface area (Å²) in [5.74, 6) is 1.76. The molecule has 158 valence electrons. The first kappa shape index (κ1) is 19.3. The van der Waals surface area contributed by atoms with Gasteiger partial charge in [-0.2, -0.15) is 5.10 Å². The third-order valence-electron chi connectivity index (χ3n) is 6.33. The molecule has 30 heavy (non-hydrogen) atoms. The van der Waals surface area contributed by atoms with Crippen LogP contribution in [-0.4, -0.2) is 56.8 Å². The third-order valence-corrected chi connectivity index (χ3v) is 6.33. The van der Waals surface area contributed by atoms with Gasteiger partial charge in [-0.05, 0) is 44.7 Å². The van der Waals surface area contributed by atoms with E-state index in [0.717, 1.165) is 66.5 Å². The van der Waals surface area contributed by atoms with Gasteiger partial charge < -0.3 is 20.5 Å². The van der Waals surface area contributed by atoms with Gasteiger partial charge in [-0.15, -0.1) is 5.10 Å². The number of nitrogens with zero attached hydrogens (tertiary/aromatic N) is 5. The molecule has 3 N–H and O–H groups in total. The summed E-state index contributed by atoms with van der Waals surface area (Å²) in [6.45, 7) is 4.30. The largest absolute Gasteiger partial charge is 0.399 e. The van der Waals surface area contributed by atoms with Crippen molar-refractivity contribution in [1.29, 1.82) is 0 Å². The Kier molecular flexibility index (Phi) is 5.04. The van der Waals surface area contributed by atoms with Crippen molar-refractivity contribution in [3.05, 3.63) is 30.5 Å². The normalized spacial score (nSPS) is 25.0. The fourth-order valence-electron chi connectivity index (χ4n) is 4.65. The van der Waals surface area contributed by atoms with Crippen molar-refractivity contribution in [2.24, 2.45) is 0 Å². The molecule has 8 nitrogen and oxygen atoms in total. The second kappa shape index (κ2) is 7.85. The van der Waals surface area contributed by atoms with Gasteiger partial charge in [0, 0.05) is 23.8 Å². The number of ether oxygens (including phenoxy) is 1. The van der Waals surface area contributed by atoms with Crippen LogP contribution in [0.1, 0.15) is 38.6 Å². The van der Waals surface area contributed by atoms with E-state index in [9.17, 15) is 5.11 Å². The number of aliphatic hydroxyl groups is 1. The average Bonchev–Trinajstić information content (AvgIpc) is 3.24. The Morgan fingerprint density at radius 2 is 1.90 bits per heavy atom. The van der Waals surface area contributed by atoms with Gasteiger partial charge >= 0.3 is 0 Å². The van der Waals surface area contributed by atoms with Crippen LogP contribution in [0, 0.1) is 0 Å². The van der Waals surface area contributed by atoms with E-state index >= 15 is 0 Å². The number of morpholine rings is 1. The van der Waals surface area contributed by atoms with E-state index in [0.29, 0.717) is 13.2 Å². The van der Waals surface area contributed by atoms with E-state index in [4.69, 9.17) is 15.5 Å². The SMILES string of the molecule is C[C@H]1COCCN1c1nc(-c2ccc(N)cc2)c2cnnc-2n1C1CCC(O)CC1. The summed E-state index contributed by atoms with van der Waals surface area (Å²) >= 11 is 0. The van der Waals surface area contributed by atoms with E-state index in [-0.39, 0.29) is 18.2 Å². The van der Waals surface area contributed by atoms with Crippen LogP contribution >= 0.6 is 0 Å². The molecule has 8 heteroatoms. The highest BCUT2D eigenvalue weighted by Crippen LogP contribution is 2.40. The maximum atomic E-state index is 10.0. The minimum absolute atomic E-state index is 0.212. The molecule has 0 amide bonds. The summed E-state index contributed by atoms with van der Waals surface area (Å²) in [5.41, 5.74) is 9.44. The van der Waals surface area contributed by atoms with E-state index in [1.807, 2.05) is 24.3 Å². The van der Waals surface area contributed by atoms with E-state index < -0.39 is 0 Å². The van der Waals surface area contributed by atoms with Gasteiger partial charge in [0.2, 0.25) is 5.95 Å². The number of rotatable bonds is 3. The number of fused-ring (bicyclic) bond motifs is 1. The van der Waals surface area contributed by atoms with Crippen molar-refractivity contribution in [3.63, 3.8) is 0 Å². The Morgan fingerprint density at radius 3 is 2.63 bits per heavy atom. The third kappa shape index (κ3) is 3.40. The molecule has 1 atom stereocenters. The van der Waals surface area contributed by atoms with Crippen LogP contribution in [0.3, 0.4) is 0 Å². The Hall–Kier alpha value is -2.71. The minimum Gasteiger partial charge on any atom is -0.399 e. The summed E-state index contributed by atoms with van der Waals surface area (Å²) in [7, 11) is 0. The predicted molar refractivity (Wildman–Crippen MR) is 115 cm³/mol. The number of aromatic nitrogens is 4. The molecule has 1 aromatic carbocycles. The van der Waals surface area contributed by atoms with E-state index in [2.05, 4.69) is 26.6 Å². The van der Waals surface area contributed by atoms with Crippen LogP contribution in [0.5, 0.6) is 0 Å². The van der Waals surface area contributed by atoms with Crippen molar-refractivity contribution in [1.82, 2.24) is 19.7 Å². The zero-order chi connectivity index (χ0) is 20.7. The molecule has 0 bridgehead atoms. The van der Waals surface area contributed by atoms with Crippen molar-refractivity contribution < 1.29 is 9.84 Å². The van der Waals surface area contributed by atoms with Gasteiger partial charge in [-0.3, -0.25) is 4.57 Å². The minimum atomic E-state index is -0.212. The summed E-state index contributed by atoms with van der Waals surface area (Å²) in [5, 5.41) is 18.8. The molecule has 0 spiro atoms. The zero-order valence-corrected chi connectivity index (χ0v) is 17.2. The van der Waals surface area contributed by atoms with Crippen LogP contribution < -0.4 is 10.6 Å². The van der Waals surface area contributed by atoms with Crippen molar-refractivity contribution in [3.8, 4) is 22.6 Å². The first-order chi connectivity index (χ1) is 14.6. The van der Waals surface area contributed by atoms with Gasteiger partial charge in [-0.25, -0.2) is 4.98 Å². The molecule has 1 aliphatic carbocycles. The van der Waals surface area contributed by atoms with Crippen LogP contribution in [0.2, 0.25) is 0 Å². The van der Waals surface area contributed by atoms with Crippen LogP contribution in [0.25, 0.3) is 22.6 Å². The zero-order valence-electron chi connectivity index (χ0n) is 17.2. The van der Waals surface area contributed by atoms with Crippen molar-refractivity contribution >= 4 is 11.6 Å². The summed E-state index contributed by atoms with van der Waals surface area (Å²) in [6, 6.07) is 8.24. The summed E-state index contributed by atoms with van der Waals surface area (Å²) < 4.78 is 7.94. The molecular weight excluding hydrogens is 380 g/mol. The lowest BCUT2D eigenvalue weighted by Gasteiger charge is -2.39. The van der Waals surface area contributed by atoms with Crippen LogP contribution in [-0.2, 0) is 4.74 Å². The van der Waals surface area contributed by atoms with E-state index in [1.165, 1.54) is 0 Å². The molecule has 3 aliphatic heterocycles. The lowest BCUT2D eigenvalue weighted by Crippen LogP contribution is -2.46. The Morgan fingerprint density at radius 1 is 1.13 bits per heavy atom. The number of hydrogen-bond donors (Lipinski definition) is 2. The molecule has 1 saturated heterocycles. The van der Waals surface area contributed by atoms with Gasteiger partial charge in [-0.1, -0.05) is 12.1 Å². The molecule has 0 radical (unpaired) electrons. The Balaban J connectivity index is 1.69. The maximum absolute atomic E-state index is 10.0. The smallest absolute Gasteiger partial charge is 0.208 e. The molecule has 0 unspecified atom stereocenters. The van der Waals surface area contributed by atoms with Crippen LogP contribution in [0.4, 0.5) is 11.6 Å². The molecule has 3 heterocycles. The fourth-order valence-corrected chi connectivity index (χ4v) is 4.65. The monoisotopic (exact) mass is 408 g/mol. The molecular formula is C22H28N6O2. The summed E-state index contributed by atoms with van der Waals surface area (Å²) in [6.07, 6.45) is 4.99. The average molecular weight is 409 g/mol. The number of hydrogen-bond acceptors (Lipinski definition) is 7. The van der Waals surface area contributed by atoms with Gasteiger partial charge in [0.15, 0.2) is 5.82 Å². The number of aliphatic hydroxyl groups excluding tert-OH is 1. The van der Waals surface area contributed by atoms with Gasteiger partial charge in [0.1, 0.15) is 0 Å². The first-order valence-corrected chi connectivity index (χ1v) is 10.7. The molecule has 1 saturated carbocycles. The molecule has 2 fully saturated rings. The number of nitrogen functional groups attached to an aromatic ring is 1. The molecule has 1 aromatic rings. The Bertz CT molecular complexity index is 980. The summed E-state index contributed by atoms with van der Waals surface area (Å²) in [4.78, 5) is 7.51. The molecule has 4 aliphatic rings. The van der Waals surface area contributed by atoms with Crippen molar-refractivity contribution in [2.75, 3.05) is 30.4 Å². The topological polar surface area (TPSA) is 102 Å². The maximum Gasteiger partial charge on any atom is 0.208 e. The quantitative estimate of drug-likeness (QED) is 0.643. The van der Waals surface area contributed by atoms with Crippen LogP contribution in [0.15, 0.2) is 30.5 Å². The second-order valence-corrected chi connectivity index (χ2v) is 8.41. The highest BCUT2D eigenvalue weighted by molar-refractivity contribution is 5.80. The second-order valence-electron chi connectivity index (χ2n) is 8.41. The standard InChI is InChI=1S/C22H28N6O2/c1-14-13-30-11-10-27(14)22-25-20(15-2-4-16(23)5-3-15)19-12-24-26-21(19)28(22)17-6-8-18(29)9-7-17/h2-5,12,14,17-18,29H,6-11,13,23H2,1H3/t14-,17?,18?/m0/s1. The van der Waals surface area contributed by atoms with E-state index in [1.54, 1.807) is 6.20 Å². The molecule has 5 rings (SSSR count). The number of nitrogens with two attached hydrogens (primary N) is 1. The van der Waals surface area contributed by atoms with Gasteiger partial charge in [0.05, 0.1) is 42.8 Å². The lowest BCUT2D eigenvalue weighted by atomic mass is 9.92. The number of anilines is 2. The van der Waals surface area contributed by atoms with Gasteiger partial charge in [0.25, 0.3) is 0 Å². The highest BCUT2D eigenvalue weighted by atomic mass is 16.5.